The Morgan fingerprint density at radius 2 is 2.08 bits per heavy atom. The summed E-state index contributed by atoms with van der Waals surface area (Å²) in [7, 11) is 1.64. The number of carbonyl (C=O) groups excluding carboxylic acids is 1. The zero-order valence-corrected chi connectivity index (χ0v) is 13.8. The van der Waals surface area contributed by atoms with Crippen LogP contribution in [-0.2, 0) is 22.5 Å². The summed E-state index contributed by atoms with van der Waals surface area (Å²) in [6, 6.07) is 2.39. The molecule has 1 aromatic heterocycles. The summed E-state index contributed by atoms with van der Waals surface area (Å²) >= 11 is 0. The van der Waals surface area contributed by atoms with E-state index in [1.54, 1.807) is 18.9 Å². The molecule has 1 heterocycles. The molecule has 0 N–H and O–H groups in total. The maximum absolute atomic E-state index is 13.5. The van der Waals surface area contributed by atoms with Crippen molar-refractivity contribution in [2.45, 2.75) is 32.9 Å². The largest absolute Gasteiger partial charge is 0.465 e. The normalized spacial score (nSPS) is 12.4. The standard InChI is InChI=1S/C16H19F2N3O3/c1-4-13-19-14(24-20-13)9-21(3)15(16(22)23-5-2)10-6-7-11(17)12(18)8-10/h6-8,15H,4-5,9H2,1-3H3/t15-/m1/s1. The lowest BCUT2D eigenvalue weighted by Gasteiger charge is -2.25. The van der Waals surface area contributed by atoms with E-state index < -0.39 is 23.6 Å². The molecule has 1 aromatic carbocycles. The Morgan fingerprint density at radius 3 is 2.67 bits per heavy atom. The van der Waals surface area contributed by atoms with Crippen molar-refractivity contribution in [2.24, 2.45) is 0 Å². The van der Waals surface area contributed by atoms with Gasteiger partial charge in [0.1, 0.15) is 6.04 Å². The average molecular weight is 339 g/mol. The summed E-state index contributed by atoms with van der Waals surface area (Å²) in [6.45, 7) is 3.90. The molecule has 0 aliphatic rings. The number of ether oxygens (including phenoxy) is 1. The van der Waals surface area contributed by atoms with Gasteiger partial charge < -0.3 is 9.26 Å². The highest BCUT2D eigenvalue weighted by Crippen LogP contribution is 2.24. The summed E-state index contributed by atoms with van der Waals surface area (Å²) in [5.41, 5.74) is 0.282. The van der Waals surface area contributed by atoms with Crippen molar-refractivity contribution in [2.75, 3.05) is 13.7 Å². The third-order valence-electron chi connectivity index (χ3n) is 3.42. The van der Waals surface area contributed by atoms with Crippen LogP contribution in [0.4, 0.5) is 8.78 Å². The van der Waals surface area contributed by atoms with E-state index in [4.69, 9.17) is 9.26 Å². The van der Waals surface area contributed by atoms with E-state index in [1.165, 1.54) is 6.07 Å². The van der Waals surface area contributed by atoms with Crippen LogP contribution in [0.2, 0.25) is 0 Å². The molecule has 0 saturated carbocycles. The lowest BCUT2D eigenvalue weighted by molar-refractivity contribution is -0.149. The molecule has 1 atom stereocenters. The van der Waals surface area contributed by atoms with Gasteiger partial charge in [-0.1, -0.05) is 18.1 Å². The van der Waals surface area contributed by atoms with E-state index in [1.807, 2.05) is 6.92 Å². The summed E-state index contributed by atoms with van der Waals surface area (Å²) in [5, 5.41) is 3.79. The number of likely N-dealkylation sites (N-methyl/N-ethyl adjacent to an activating group) is 1. The Kier molecular flexibility index (Phi) is 5.97. The second-order valence-corrected chi connectivity index (χ2v) is 5.20. The zero-order valence-electron chi connectivity index (χ0n) is 13.8. The average Bonchev–Trinajstić information content (AvgIpc) is 2.99. The first-order valence-electron chi connectivity index (χ1n) is 7.59. The SMILES string of the molecule is CCOC(=O)[C@@H](c1ccc(F)c(F)c1)N(C)Cc1nc(CC)no1. The van der Waals surface area contributed by atoms with E-state index in [9.17, 15) is 13.6 Å². The molecule has 0 radical (unpaired) electrons. The Labute approximate surface area is 138 Å². The van der Waals surface area contributed by atoms with Crippen molar-refractivity contribution in [1.29, 1.82) is 0 Å². The van der Waals surface area contributed by atoms with Gasteiger partial charge in [0.05, 0.1) is 13.2 Å². The predicted octanol–water partition coefficient (Wildman–Crippen LogP) is 2.65. The van der Waals surface area contributed by atoms with Gasteiger partial charge in [-0.05, 0) is 31.7 Å². The topological polar surface area (TPSA) is 68.5 Å². The van der Waals surface area contributed by atoms with Crippen LogP contribution < -0.4 is 0 Å². The summed E-state index contributed by atoms with van der Waals surface area (Å²) in [6.07, 6.45) is 0.623. The van der Waals surface area contributed by atoms with E-state index in [0.717, 1.165) is 12.1 Å². The minimum atomic E-state index is -1.03. The molecule has 130 valence electrons. The summed E-state index contributed by atoms with van der Waals surface area (Å²) in [4.78, 5) is 18.0. The number of benzene rings is 1. The molecule has 0 amide bonds. The smallest absolute Gasteiger partial charge is 0.328 e. The Hall–Kier alpha value is -2.35. The Balaban J connectivity index is 2.27. The van der Waals surface area contributed by atoms with Gasteiger partial charge in [-0.2, -0.15) is 4.98 Å². The number of halogens is 2. The first-order valence-corrected chi connectivity index (χ1v) is 7.59. The van der Waals surface area contributed by atoms with Crippen LogP contribution in [-0.4, -0.2) is 34.7 Å². The van der Waals surface area contributed by atoms with Gasteiger partial charge in [0, 0.05) is 6.42 Å². The number of esters is 1. The molecule has 0 saturated heterocycles. The molecule has 0 bridgehead atoms. The van der Waals surface area contributed by atoms with Gasteiger partial charge in [0.25, 0.3) is 0 Å². The Bertz CT molecular complexity index is 706. The van der Waals surface area contributed by atoms with E-state index in [0.29, 0.717) is 18.1 Å². The summed E-state index contributed by atoms with van der Waals surface area (Å²) in [5.74, 6) is -1.69. The fourth-order valence-corrected chi connectivity index (χ4v) is 2.28. The molecule has 2 rings (SSSR count). The van der Waals surface area contributed by atoms with Gasteiger partial charge in [-0.25, -0.2) is 13.6 Å². The third-order valence-corrected chi connectivity index (χ3v) is 3.42. The maximum Gasteiger partial charge on any atom is 0.328 e. The summed E-state index contributed by atoms with van der Waals surface area (Å²) < 4.78 is 36.9. The van der Waals surface area contributed by atoms with Crippen LogP contribution in [0.15, 0.2) is 22.7 Å². The first kappa shape index (κ1) is 18.0. The number of carbonyl (C=O) groups is 1. The van der Waals surface area contributed by atoms with Crippen molar-refractivity contribution in [3.05, 3.63) is 47.1 Å². The highest BCUT2D eigenvalue weighted by atomic mass is 19.2. The number of rotatable bonds is 7. The minimum Gasteiger partial charge on any atom is -0.465 e. The molecule has 0 aliphatic carbocycles. The molecule has 0 spiro atoms. The lowest BCUT2D eigenvalue weighted by Crippen LogP contribution is -2.32. The van der Waals surface area contributed by atoms with Crippen LogP contribution in [0.3, 0.4) is 0 Å². The van der Waals surface area contributed by atoms with Crippen LogP contribution in [0, 0.1) is 11.6 Å². The van der Waals surface area contributed by atoms with E-state index in [-0.39, 0.29) is 18.7 Å². The van der Waals surface area contributed by atoms with E-state index >= 15 is 0 Å². The number of nitrogens with zero attached hydrogens (tertiary/aromatic N) is 3. The molecule has 6 nitrogen and oxygen atoms in total. The highest BCUT2D eigenvalue weighted by molar-refractivity contribution is 5.77. The minimum absolute atomic E-state index is 0.162. The molecule has 0 unspecified atom stereocenters. The van der Waals surface area contributed by atoms with Gasteiger partial charge in [0.2, 0.25) is 5.89 Å². The molecule has 24 heavy (non-hydrogen) atoms. The third kappa shape index (κ3) is 4.14. The van der Waals surface area contributed by atoms with Crippen molar-refractivity contribution in [1.82, 2.24) is 15.0 Å². The first-order chi connectivity index (χ1) is 11.5. The maximum atomic E-state index is 13.5. The van der Waals surface area contributed by atoms with Gasteiger partial charge in [0.15, 0.2) is 17.5 Å². The van der Waals surface area contributed by atoms with Gasteiger partial charge >= 0.3 is 5.97 Å². The molecule has 0 fully saturated rings. The quantitative estimate of drug-likeness (QED) is 0.723. The molecule has 0 aliphatic heterocycles. The highest BCUT2D eigenvalue weighted by Gasteiger charge is 2.28. The van der Waals surface area contributed by atoms with Crippen LogP contribution in [0.25, 0.3) is 0 Å². The Morgan fingerprint density at radius 1 is 1.33 bits per heavy atom. The number of hydrogen-bond donors (Lipinski definition) is 0. The van der Waals surface area contributed by atoms with Gasteiger partial charge in [-0.3, -0.25) is 4.90 Å². The fourth-order valence-electron chi connectivity index (χ4n) is 2.28. The lowest BCUT2D eigenvalue weighted by atomic mass is 10.1. The van der Waals surface area contributed by atoms with Crippen LogP contribution in [0.5, 0.6) is 0 Å². The van der Waals surface area contributed by atoms with Crippen molar-refractivity contribution in [3.63, 3.8) is 0 Å². The number of aryl methyl sites for hydroxylation is 1. The second-order valence-electron chi connectivity index (χ2n) is 5.20. The van der Waals surface area contributed by atoms with Crippen molar-refractivity contribution in [3.8, 4) is 0 Å². The number of hydrogen-bond acceptors (Lipinski definition) is 6. The van der Waals surface area contributed by atoms with Crippen molar-refractivity contribution < 1.29 is 22.8 Å². The van der Waals surface area contributed by atoms with Crippen LogP contribution >= 0.6 is 0 Å². The molecular weight excluding hydrogens is 320 g/mol. The predicted molar refractivity (Wildman–Crippen MR) is 80.9 cm³/mol. The zero-order chi connectivity index (χ0) is 17.7. The second kappa shape index (κ2) is 7.96. The molecule has 8 heteroatoms. The van der Waals surface area contributed by atoms with E-state index in [2.05, 4.69) is 10.1 Å². The molecular formula is C16H19F2N3O3. The van der Waals surface area contributed by atoms with Gasteiger partial charge in [-0.15, -0.1) is 0 Å². The van der Waals surface area contributed by atoms with Crippen molar-refractivity contribution >= 4 is 5.97 Å². The molecule has 2 aromatic rings. The number of aromatic nitrogens is 2. The fraction of sp³-hybridized carbons (Fsp3) is 0.438. The van der Waals surface area contributed by atoms with Crippen LogP contribution in [0.1, 0.15) is 37.2 Å². The monoisotopic (exact) mass is 339 g/mol.